The number of hydrogen-bond donors (Lipinski definition) is 0. The average Bonchev–Trinajstić information content (AvgIpc) is 3.09. The highest BCUT2D eigenvalue weighted by Crippen LogP contribution is 2.36. The van der Waals surface area contributed by atoms with Crippen LogP contribution in [0.5, 0.6) is 5.75 Å². The predicted molar refractivity (Wildman–Crippen MR) is 132 cm³/mol. The van der Waals surface area contributed by atoms with E-state index in [1.54, 1.807) is 24.3 Å². The van der Waals surface area contributed by atoms with Gasteiger partial charge in [0, 0.05) is 0 Å². The minimum atomic E-state index is -2.34. The van der Waals surface area contributed by atoms with E-state index in [1.165, 1.54) is 25.1 Å². The number of hydrogen-bond acceptors (Lipinski definition) is 3. The number of amides is 1. The van der Waals surface area contributed by atoms with Crippen LogP contribution in [-0.4, -0.2) is 11.6 Å². The molecule has 0 unspecified atom stereocenters. The van der Waals surface area contributed by atoms with Crippen LogP contribution in [0.4, 0.5) is 32.0 Å². The van der Waals surface area contributed by atoms with Crippen molar-refractivity contribution < 1.29 is 35.9 Å². The lowest BCUT2D eigenvalue weighted by Crippen LogP contribution is -2.25. The van der Waals surface area contributed by atoms with Crippen LogP contribution < -0.4 is 9.75 Å². The molecule has 1 heterocycles. The molecule has 1 amide bonds. The molecule has 12 heteroatoms. The van der Waals surface area contributed by atoms with E-state index in [2.05, 4.69) is 21.0 Å². The van der Waals surface area contributed by atoms with Crippen LogP contribution in [0.15, 0.2) is 51.5 Å². The van der Waals surface area contributed by atoms with E-state index in [4.69, 9.17) is 4.74 Å². The number of carbonyl (C=O) groups excluding carboxylic acids is 1. The van der Waals surface area contributed by atoms with Crippen LogP contribution in [0, 0.1) is 38.5 Å². The summed E-state index contributed by atoms with van der Waals surface area (Å²) in [5.41, 5.74) is -0.505. The number of rotatable bonds is 5. The molecule has 1 aliphatic rings. The maximum Gasteiger partial charge on any atom is 0.280 e. The Morgan fingerprint density at radius 3 is 2.25 bits per heavy atom. The lowest BCUT2D eigenvalue weighted by atomic mass is 10.1. The largest absolute Gasteiger partial charge is 0.487 e. The summed E-state index contributed by atoms with van der Waals surface area (Å²) in [5.74, 6) is -12.1. The Bertz CT molecular complexity index is 1430. The summed E-state index contributed by atoms with van der Waals surface area (Å²) in [5, 5.41) is 3.86. The molecule has 0 aromatic heterocycles. The normalized spacial score (nSPS) is 14.6. The summed E-state index contributed by atoms with van der Waals surface area (Å²) in [4.78, 5) is 12.9. The second-order valence-corrected chi connectivity index (χ2v) is 9.53. The molecule has 4 rings (SSSR count). The lowest BCUT2D eigenvalue weighted by Gasteiger charge is -2.15. The fourth-order valence-electron chi connectivity index (χ4n) is 3.36. The Kier molecular flexibility index (Phi) is 7.46. The van der Waals surface area contributed by atoms with Crippen LogP contribution in [0.3, 0.4) is 0 Å². The molecule has 0 aliphatic carbocycles. The summed E-state index contributed by atoms with van der Waals surface area (Å²) >= 11 is 5.37. The van der Waals surface area contributed by atoms with Crippen LogP contribution in [0.2, 0.25) is 0 Å². The highest BCUT2D eigenvalue weighted by Gasteiger charge is 2.37. The fourth-order valence-corrected chi connectivity index (χ4v) is 5.13. The number of hydrazone groups is 1. The van der Waals surface area contributed by atoms with Gasteiger partial charge in [0.1, 0.15) is 23.9 Å². The van der Waals surface area contributed by atoms with Crippen molar-refractivity contribution in [2.75, 3.05) is 5.01 Å². The van der Waals surface area contributed by atoms with Crippen molar-refractivity contribution in [3.8, 4) is 5.75 Å². The van der Waals surface area contributed by atoms with E-state index in [-0.39, 0.29) is 22.9 Å². The number of anilines is 1. The molecule has 0 saturated carbocycles. The van der Waals surface area contributed by atoms with E-state index >= 15 is 0 Å². The molecule has 4 nitrogen and oxygen atoms in total. The van der Waals surface area contributed by atoms with Crippen molar-refractivity contribution in [2.24, 2.45) is 5.10 Å². The third-order valence-corrected chi connectivity index (χ3v) is 6.46. The number of benzene rings is 3. The molecule has 0 spiro atoms. The Labute approximate surface area is 222 Å². The maximum atomic E-state index is 14.2. The van der Waals surface area contributed by atoms with Gasteiger partial charge in [-0.2, -0.15) is 10.1 Å². The number of halogens is 8. The SMILES string of the molecule is CC1=NN(c2c(F)c(F)c(F)c(F)c2F)C(=O)/C1=C/c1cc(Br)c(OCc2cccc(F)c2)c(I)c1. The molecule has 0 N–H and O–H groups in total. The van der Waals surface area contributed by atoms with Gasteiger partial charge in [-0.1, -0.05) is 12.1 Å². The molecule has 186 valence electrons. The zero-order valence-electron chi connectivity index (χ0n) is 18.0. The van der Waals surface area contributed by atoms with Gasteiger partial charge in [0.2, 0.25) is 5.82 Å². The zero-order chi connectivity index (χ0) is 26.3. The third-order valence-electron chi connectivity index (χ3n) is 5.06. The zero-order valence-corrected chi connectivity index (χ0v) is 21.7. The molecular weight excluding hydrogens is 669 g/mol. The molecule has 0 saturated heterocycles. The first kappa shape index (κ1) is 26.2. The molecule has 0 radical (unpaired) electrons. The van der Waals surface area contributed by atoms with Gasteiger partial charge in [-0.25, -0.2) is 26.3 Å². The summed E-state index contributed by atoms with van der Waals surface area (Å²) in [6, 6.07) is 9.14. The summed E-state index contributed by atoms with van der Waals surface area (Å²) < 4.78 is 89.4. The van der Waals surface area contributed by atoms with Crippen molar-refractivity contribution in [1.29, 1.82) is 0 Å². The van der Waals surface area contributed by atoms with Crippen LogP contribution >= 0.6 is 38.5 Å². The molecule has 0 fully saturated rings. The van der Waals surface area contributed by atoms with Crippen molar-refractivity contribution >= 4 is 61.9 Å². The monoisotopic (exact) mass is 680 g/mol. The van der Waals surface area contributed by atoms with Crippen LogP contribution in [-0.2, 0) is 11.4 Å². The van der Waals surface area contributed by atoms with E-state index in [1.807, 2.05) is 22.6 Å². The van der Waals surface area contributed by atoms with Crippen molar-refractivity contribution in [1.82, 2.24) is 0 Å². The standard InChI is InChI=1S/C24H12BrF6IN2O2/c1-10-14(24(35)34(33-10)22-20(30)18(28)17(27)19(29)21(22)31)6-12-7-15(25)23(16(32)8-12)36-9-11-3-2-4-13(26)5-11/h2-8H,9H2,1H3/b14-6+. The van der Waals surface area contributed by atoms with Gasteiger partial charge >= 0.3 is 0 Å². The topological polar surface area (TPSA) is 41.9 Å². The molecule has 3 aromatic rings. The second kappa shape index (κ2) is 10.2. The second-order valence-electron chi connectivity index (χ2n) is 7.51. The minimum absolute atomic E-state index is 0.00139. The molecular formula is C24H12BrF6IN2O2. The quantitative estimate of drug-likeness (QED) is 0.0936. The first-order valence-corrected chi connectivity index (χ1v) is 11.9. The van der Waals surface area contributed by atoms with Gasteiger partial charge in [-0.15, -0.1) is 0 Å². The molecule has 3 aromatic carbocycles. The molecule has 36 heavy (non-hydrogen) atoms. The lowest BCUT2D eigenvalue weighted by molar-refractivity contribution is -0.114. The fraction of sp³-hybridized carbons (Fsp3) is 0.0833. The number of ether oxygens (including phenoxy) is 1. The maximum absolute atomic E-state index is 14.2. The Balaban J connectivity index is 1.63. The first-order valence-electron chi connectivity index (χ1n) is 9.99. The van der Waals surface area contributed by atoms with Crippen molar-refractivity contribution in [3.63, 3.8) is 0 Å². The van der Waals surface area contributed by atoms with E-state index in [0.29, 0.717) is 24.9 Å². The van der Waals surface area contributed by atoms with Gasteiger partial charge in [0.05, 0.1) is 19.3 Å². The van der Waals surface area contributed by atoms with Gasteiger partial charge in [0.15, 0.2) is 23.3 Å². The van der Waals surface area contributed by atoms with Crippen molar-refractivity contribution in [3.05, 3.63) is 96.0 Å². The van der Waals surface area contributed by atoms with Crippen LogP contribution in [0.1, 0.15) is 18.1 Å². The number of carbonyl (C=O) groups is 1. The molecule has 0 atom stereocenters. The van der Waals surface area contributed by atoms with Gasteiger partial charge in [0.25, 0.3) is 5.91 Å². The average molecular weight is 681 g/mol. The van der Waals surface area contributed by atoms with E-state index in [9.17, 15) is 31.1 Å². The summed E-state index contributed by atoms with van der Waals surface area (Å²) in [6.45, 7) is 1.44. The van der Waals surface area contributed by atoms with Gasteiger partial charge in [-0.3, -0.25) is 4.79 Å². The Hall–Kier alpha value is -2.87. The molecule has 1 aliphatic heterocycles. The van der Waals surface area contributed by atoms with Crippen molar-refractivity contribution in [2.45, 2.75) is 13.5 Å². The highest BCUT2D eigenvalue weighted by atomic mass is 127. The highest BCUT2D eigenvalue weighted by molar-refractivity contribution is 14.1. The van der Waals surface area contributed by atoms with Gasteiger partial charge in [-0.05, 0) is 86.9 Å². The van der Waals surface area contributed by atoms with Crippen LogP contribution in [0.25, 0.3) is 6.08 Å². The third kappa shape index (κ3) is 4.88. The molecule has 0 bridgehead atoms. The summed E-state index contributed by atoms with van der Waals surface area (Å²) in [7, 11) is 0. The first-order chi connectivity index (χ1) is 17.0. The number of nitrogens with zero attached hydrogens (tertiary/aromatic N) is 2. The van der Waals surface area contributed by atoms with E-state index in [0.717, 1.165) is 0 Å². The van der Waals surface area contributed by atoms with Gasteiger partial charge < -0.3 is 4.74 Å². The Morgan fingerprint density at radius 1 is 1.00 bits per heavy atom. The Morgan fingerprint density at radius 2 is 1.64 bits per heavy atom. The predicted octanol–water partition coefficient (Wildman–Crippen LogP) is 7.27. The summed E-state index contributed by atoms with van der Waals surface area (Å²) in [6.07, 6.45) is 1.36. The minimum Gasteiger partial charge on any atom is -0.487 e. The van der Waals surface area contributed by atoms with E-state index < -0.39 is 46.5 Å². The smallest absolute Gasteiger partial charge is 0.280 e.